The van der Waals surface area contributed by atoms with E-state index >= 15 is 0 Å². The van der Waals surface area contributed by atoms with Gasteiger partial charge in [0.05, 0.1) is 0 Å². The Balaban J connectivity index is 1.34. The van der Waals surface area contributed by atoms with E-state index in [1.807, 2.05) is 52.5 Å². The van der Waals surface area contributed by atoms with Gasteiger partial charge in [0, 0.05) is 76.1 Å². The van der Waals surface area contributed by atoms with Gasteiger partial charge in [-0.1, -0.05) is 64.2 Å². The van der Waals surface area contributed by atoms with Crippen molar-refractivity contribution in [3.63, 3.8) is 0 Å². The van der Waals surface area contributed by atoms with Gasteiger partial charge in [-0.3, -0.25) is 0 Å². The molecular weight excluding hydrogens is 596 g/mol. The van der Waals surface area contributed by atoms with Gasteiger partial charge < -0.3 is 30.2 Å². The minimum atomic E-state index is 0.0309. The highest BCUT2D eigenvalue weighted by molar-refractivity contribution is 5.90. The molecule has 5 rings (SSSR count). The number of amides is 4. The average molecular weight is 659 g/mol. The zero-order valence-electron chi connectivity index (χ0n) is 30.3. The fraction of sp³-hybridized carbons (Fsp3) is 0.650. The fourth-order valence-electron chi connectivity index (χ4n) is 8.28. The van der Waals surface area contributed by atoms with Gasteiger partial charge in [-0.25, -0.2) is 9.59 Å². The van der Waals surface area contributed by atoms with Crippen molar-refractivity contribution in [1.82, 2.24) is 9.80 Å². The molecule has 0 aliphatic heterocycles. The maximum atomic E-state index is 14.1. The molecule has 0 radical (unpaired) electrons. The van der Waals surface area contributed by atoms with E-state index in [4.69, 9.17) is 0 Å². The number of anilines is 4. The molecule has 2 atom stereocenters. The van der Waals surface area contributed by atoms with Crippen molar-refractivity contribution in [3.05, 3.63) is 48.5 Å². The lowest BCUT2D eigenvalue weighted by Crippen LogP contribution is -2.50. The van der Waals surface area contributed by atoms with Gasteiger partial charge in [0.15, 0.2) is 0 Å². The first kappa shape index (κ1) is 35.9. The van der Waals surface area contributed by atoms with Crippen LogP contribution in [0, 0.1) is 11.8 Å². The molecule has 264 valence electrons. The third-order valence-electron chi connectivity index (χ3n) is 11.3. The first-order valence-corrected chi connectivity index (χ1v) is 19.0. The van der Waals surface area contributed by atoms with Crippen molar-refractivity contribution in [2.24, 2.45) is 11.8 Å². The second-order valence-electron chi connectivity index (χ2n) is 15.1. The fourth-order valence-corrected chi connectivity index (χ4v) is 8.28. The van der Waals surface area contributed by atoms with Gasteiger partial charge in [0.25, 0.3) is 0 Å². The molecule has 0 aromatic heterocycles. The van der Waals surface area contributed by atoms with Gasteiger partial charge in [0.2, 0.25) is 0 Å². The second-order valence-corrected chi connectivity index (χ2v) is 15.1. The number of carbonyl (C=O) groups excluding carboxylic acids is 2. The Labute approximate surface area is 290 Å². The van der Waals surface area contributed by atoms with Gasteiger partial charge in [-0.05, 0) is 98.9 Å². The number of rotatable bonds is 10. The topological polar surface area (TPSA) is 71.2 Å². The molecule has 0 unspecified atom stereocenters. The first-order valence-electron chi connectivity index (χ1n) is 19.0. The maximum absolute atomic E-state index is 14.1. The highest BCUT2D eigenvalue weighted by Gasteiger charge is 2.35. The number of urea groups is 2. The molecule has 2 aromatic rings. The summed E-state index contributed by atoms with van der Waals surface area (Å²) in [6, 6.07) is 16.9. The number of benzene rings is 2. The Morgan fingerprint density at radius 3 is 1.12 bits per heavy atom. The summed E-state index contributed by atoms with van der Waals surface area (Å²) < 4.78 is 0. The van der Waals surface area contributed by atoms with Crippen LogP contribution in [0.5, 0.6) is 0 Å². The van der Waals surface area contributed by atoms with Crippen LogP contribution in [0.2, 0.25) is 0 Å². The normalized spacial score (nSPS) is 21.0. The monoisotopic (exact) mass is 658 g/mol. The Morgan fingerprint density at radius 1 is 0.500 bits per heavy atom. The molecule has 4 amide bonds. The van der Waals surface area contributed by atoms with Crippen LogP contribution in [-0.2, 0) is 0 Å². The summed E-state index contributed by atoms with van der Waals surface area (Å²) in [5.41, 5.74) is 3.93. The van der Waals surface area contributed by atoms with Gasteiger partial charge in [-0.15, -0.1) is 0 Å². The number of hydrogen-bond acceptors (Lipinski definition) is 4. The predicted molar refractivity (Wildman–Crippen MR) is 201 cm³/mol. The molecule has 0 spiro atoms. The molecule has 3 aliphatic carbocycles. The molecule has 48 heavy (non-hydrogen) atoms. The SMILES string of the molecule is CN(C)c1ccc(NC(=O)N(C[C@H]2CCCC[C@H]2CN(C(=O)Nc2ccc(N(C)C)cc2)C2CCCCCC2)C2CCCCCC2)cc1. The van der Waals surface area contributed by atoms with Gasteiger partial charge >= 0.3 is 12.1 Å². The molecule has 3 aliphatic rings. The standard InChI is InChI=1S/C40H62N6O2/c1-43(2)35-25-21-33(22-26-35)41-39(47)45(37-17-9-5-6-10-18-37)29-31-15-13-14-16-32(31)30-46(38-19-11-7-8-12-20-38)40(48)42-34-23-27-36(28-24-34)44(3)4/h21-28,31-32,37-38H,5-20,29-30H2,1-4H3,(H,41,47)(H,42,48)/t31-,32+. The van der Waals surface area contributed by atoms with Crippen LogP contribution in [-0.4, -0.2) is 75.2 Å². The number of carbonyl (C=O) groups is 2. The Morgan fingerprint density at radius 2 is 0.812 bits per heavy atom. The predicted octanol–water partition coefficient (Wildman–Crippen LogP) is 9.44. The van der Waals surface area contributed by atoms with Crippen molar-refractivity contribution >= 4 is 34.8 Å². The smallest absolute Gasteiger partial charge is 0.322 e. The van der Waals surface area contributed by atoms with E-state index in [-0.39, 0.29) is 24.1 Å². The molecular formula is C40H62N6O2. The molecule has 0 heterocycles. The average Bonchev–Trinajstić information content (AvgIpc) is 3.53. The van der Waals surface area contributed by atoms with E-state index in [0.717, 1.165) is 74.4 Å². The largest absolute Gasteiger partial charge is 0.378 e. The van der Waals surface area contributed by atoms with Crippen molar-refractivity contribution in [2.45, 2.75) is 115 Å². The van der Waals surface area contributed by atoms with Gasteiger partial charge in [-0.2, -0.15) is 0 Å². The Bertz CT molecular complexity index is 1160. The number of nitrogens with one attached hydrogen (secondary N) is 2. The van der Waals surface area contributed by atoms with Crippen LogP contribution in [0.3, 0.4) is 0 Å². The van der Waals surface area contributed by atoms with E-state index < -0.39 is 0 Å². The summed E-state index contributed by atoms with van der Waals surface area (Å²) in [4.78, 5) is 36.8. The summed E-state index contributed by atoms with van der Waals surface area (Å²) in [6.45, 7) is 1.53. The van der Waals surface area contributed by atoms with Crippen molar-refractivity contribution in [3.8, 4) is 0 Å². The summed E-state index contributed by atoms with van der Waals surface area (Å²) in [6.07, 6.45) is 18.7. The van der Waals surface area contributed by atoms with Crippen molar-refractivity contribution in [2.75, 3.05) is 61.7 Å². The highest BCUT2D eigenvalue weighted by atomic mass is 16.2. The van der Waals surface area contributed by atoms with E-state index in [1.165, 1.54) is 64.2 Å². The quantitative estimate of drug-likeness (QED) is 0.250. The summed E-state index contributed by atoms with van der Waals surface area (Å²) in [7, 11) is 8.13. The third-order valence-corrected chi connectivity index (χ3v) is 11.3. The molecule has 3 saturated carbocycles. The zero-order valence-corrected chi connectivity index (χ0v) is 30.3. The van der Waals surface area contributed by atoms with Crippen molar-refractivity contribution < 1.29 is 9.59 Å². The lowest BCUT2D eigenvalue weighted by molar-refractivity contribution is 0.0984. The molecule has 8 heteroatoms. The summed E-state index contributed by atoms with van der Waals surface area (Å²) in [5, 5.41) is 6.55. The van der Waals surface area contributed by atoms with Crippen LogP contribution < -0.4 is 20.4 Å². The minimum Gasteiger partial charge on any atom is -0.378 e. The Kier molecular flexibility index (Phi) is 13.3. The third kappa shape index (κ3) is 10.1. The molecule has 2 aromatic carbocycles. The van der Waals surface area contributed by atoms with Crippen LogP contribution in [0.1, 0.15) is 103 Å². The van der Waals surface area contributed by atoms with Crippen LogP contribution in [0.25, 0.3) is 0 Å². The molecule has 3 fully saturated rings. The molecule has 2 N–H and O–H groups in total. The second kappa shape index (κ2) is 17.8. The number of hydrogen-bond donors (Lipinski definition) is 2. The van der Waals surface area contributed by atoms with E-state index in [1.54, 1.807) is 0 Å². The minimum absolute atomic E-state index is 0.0309. The molecule has 0 bridgehead atoms. The highest BCUT2D eigenvalue weighted by Crippen LogP contribution is 2.35. The molecule has 0 saturated heterocycles. The summed E-state index contributed by atoms with van der Waals surface area (Å²) >= 11 is 0. The van der Waals surface area contributed by atoms with Crippen LogP contribution in [0.15, 0.2) is 48.5 Å². The Hall–Kier alpha value is -3.42. The van der Waals surface area contributed by atoms with Gasteiger partial charge in [0.1, 0.15) is 0 Å². The lowest BCUT2D eigenvalue weighted by Gasteiger charge is -2.42. The van der Waals surface area contributed by atoms with Crippen LogP contribution in [0.4, 0.5) is 32.3 Å². The lowest BCUT2D eigenvalue weighted by atomic mass is 9.78. The maximum Gasteiger partial charge on any atom is 0.322 e. The summed E-state index contributed by atoms with van der Waals surface area (Å²) in [5.74, 6) is 0.758. The number of nitrogens with zero attached hydrogens (tertiary/aromatic N) is 4. The van der Waals surface area contributed by atoms with E-state index in [0.29, 0.717) is 11.8 Å². The zero-order chi connectivity index (χ0) is 33.9. The first-order chi connectivity index (χ1) is 23.3. The van der Waals surface area contributed by atoms with E-state index in [2.05, 4.69) is 54.5 Å². The molecule has 8 nitrogen and oxygen atoms in total. The van der Waals surface area contributed by atoms with E-state index in [9.17, 15) is 9.59 Å². The van der Waals surface area contributed by atoms with Crippen molar-refractivity contribution in [1.29, 1.82) is 0 Å². The van der Waals surface area contributed by atoms with Crippen LogP contribution >= 0.6 is 0 Å².